The molecule has 2 saturated heterocycles. The lowest BCUT2D eigenvalue weighted by atomic mass is 10.1. The average Bonchev–Trinajstić information content (AvgIpc) is 3.00. The number of rotatable bonds is 10. The Balaban J connectivity index is 1.23. The fraction of sp³-hybridized carbons (Fsp3) is 0.412. The minimum absolute atomic E-state index is 0.150. The highest BCUT2D eigenvalue weighted by atomic mass is 19.1. The van der Waals surface area contributed by atoms with Crippen LogP contribution in [0.3, 0.4) is 0 Å². The van der Waals surface area contributed by atoms with Crippen molar-refractivity contribution in [3.8, 4) is 11.5 Å². The number of phenols is 2. The van der Waals surface area contributed by atoms with Crippen molar-refractivity contribution in [2.75, 3.05) is 39.3 Å². The van der Waals surface area contributed by atoms with Gasteiger partial charge in [0.15, 0.2) is 0 Å². The van der Waals surface area contributed by atoms with Crippen LogP contribution < -0.4 is 0 Å². The SMILES string of the molecule is Oc1cc(CCN2CCCCC2)ccc1C=Nc1ccc(F)cc1N=Cc1ccc(CCN2CCCCC2)cc1O. The quantitative estimate of drug-likeness (QED) is 0.270. The first-order valence-electron chi connectivity index (χ1n) is 15.0. The lowest BCUT2D eigenvalue weighted by Gasteiger charge is -2.26. The monoisotopic (exact) mass is 556 g/mol. The maximum absolute atomic E-state index is 14.1. The van der Waals surface area contributed by atoms with E-state index in [1.807, 2.05) is 24.3 Å². The van der Waals surface area contributed by atoms with Crippen LogP contribution >= 0.6 is 0 Å². The summed E-state index contributed by atoms with van der Waals surface area (Å²) < 4.78 is 14.1. The van der Waals surface area contributed by atoms with Gasteiger partial charge in [0.25, 0.3) is 0 Å². The number of likely N-dealkylation sites (tertiary alicyclic amines) is 2. The van der Waals surface area contributed by atoms with E-state index in [4.69, 9.17) is 0 Å². The molecule has 3 aromatic carbocycles. The number of phenolic OH excluding ortho intramolecular Hbond substituents is 2. The first-order valence-corrected chi connectivity index (χ1v) is 15.0. The summed E-state index contributed by atoms with van der Waals surface area (Å²) in [5, 5.41) is 21.2. The van der Waals surface area contributed by atoms with Crippen LogP contribution in [-0.2, 0) is 12.8 Å². The van der Waals surface area contributed by atoms with Gasteiger partial charge < -0.3 is 20.0 Å². The second-order valence-corrected chi connectivity index (χ2v) is 11.2. The van der Waals surface area contributed by atoms with E-state index in [9.17, 15) is 14.6 Å². The maximum Gasteiger partial charge on any atom is 0.125 e. The predicted octanol–water partition coefficient (Wildman–Crippen LogP) is 6.79. The molecule has 2 aliphatic heterocycles. The Morgan fingerprint density at radius 3 is 1.59 bits per heavy atom. The molecule has 0 bridgehead atoms. The molecule has 2 aliphatic rings. The normalized spacial score (nSPS) is 17.1. The number of piperidine rings is 2. The molecule has 216 valence electrons. The molecule has 2 heterocycles. The highest BCUT2D eigenvalue weighted by Gasteiger charge is 2.12. The van der Waals surface area contributed by atoms with Crippen molar-refractivity contribution in [3.63, 3.8) is 0 Å². The van der Waals surface area contributed by atoms with Crippen LogP contribution in [0.4, 0.5) is 15.8 Å². The van der Waals surface area contributed by atoms with Gasteiger partial charge in [-0.1, -0.05) is 25.0 Å². The van der Waals surface area contributed by atoms with E-state index < -0.39 is 5.82 Å². The van der Waals surface area contributed by atoms with Crippen LogP contribution in [0, 0.1) is 5.82 Å². The van der Waals surface area contributed by atoms with Crippen molar-refractivity contribution in [1.29, 1.82) is 0 Å². The Morgan fingerprint density at radius 2 is 1.10 bits per heavy atom. The number of hydrogen-bond donors (Lipinski definition) is 2. The fourth-order valence-electron chi connectivity index (χ4n) is 5.64. The number of benzene rings is 3. The number of hydrogen-bond acceptors (Lipinski definition) is 6. The molecule has 0 aliphatic carbocycles. The van der Waals surface area contributed by atoms with E-state index in [1.165, 1.54) is 56.9 Å². The summed E-state index contributed by atoms with van der Waals surface area (Å²) >= 11 is 0. The summed E-state index contributed by atoms with van der Waals surface area (Å²) in [7, 11) is 0. The van der Waals surface area contributed by atoms with Crippen molar-refractivity contribution in [1.82, 2.24) is 9.80 Å². The van der Waals surface area contributed by atoms with Crippen LogP contribution in [0.5, 0.6) is 11.5 Å². The smallest absolute Gasteiger partial charge is 0.125 e. The first kappa shape index (κ1) is 29.0. The van der Waals surface area contributed by atoms with E-state index in [2.05, 4.69) is 19.8 Å². The summed E-state index contributed by atoms with van der Waals surface area (Å²) in [4.78, 5) is 13.9. The third kappa shape index (κ3) is 8.47. The van der Waals surface area contributed by atoms with Crippen molar-refractivity contribution in [3.05, 3.63) is 82.7 Å². The molecule has 0 aromatic heterocycles. The predicted molar refractivity (Wildman–Crippen MR) is 165 cm³/mol. The highest BCUT2D eigenvalue weighted by Crippen LogP contribution is 2.30. The molecule has 2 N–H and O–H groups in total. The van der Waals surface area contributed by atoms with Gasteiger partial charge in [-0.25, -0.2) is 4.39 Å². The number of halogens is 1. The van der Waals surface area contributed by atoms with Crippen LogP contribution in [-0.4, -0.2) is 71.7 Å². The molecule has 0 unspecified atom stereocenters. The lowest BCUT2D eigenvalue weighted by molar-refractivity contribution is 0.231. The van der Waals surface area contributed by atoms with Gasteiger partial charge in [-0.3, -0.25) is 9.98 Å². The number of aromatic hydroxyl groups is 2. The van der Waals surface area contributed by atoms with E-state index in [0.29, 0.717) is 22.5 Å². The van der Waals surface area contributed by atoms with E-state index in [-0.39, 0.29) is 11.5 Å². The van der Waals surface area contributed by atoms with Crippen LogP contribution in [0.2, 0.25) is 0 Å². The Morgan fingerprint density at radius 1 is 0.610 bits per heavy atom. The summed E-state index contributed by atoms with van der Waals surface area (Å²) in [6.45, 7) is 6.61. The third-order valence-electron chi connectivity index (χ3n) is 8.14. The molecule has 0 saturated carbocycles. The Labute approximate surface area is 242 Å². The highest BCUT2D eigenvalue weighted by molar-refractivity contribution is 5.89. The van der Waals surface area contributed by atoms with Crippen molar-refractivity contribution < 1.29 is 14.6 Å². The Kier molecular flexibility index (Phi) is 10.2. The standard InChI is InChI=1S/C34H41FN4O2/c35-30-11-12-31(36-24-28-9-7-26(21-33(28)40)13-19-38-15-3-1-4-16-38)32(23-30)37-25-29-10-8-27(22-34(29)41)14-20-39-17-5-2-6-18-39/h7-12,21-25,40-41H,1-6,13-20H2. The third-order valence-corrected chi connectivity index (χ3v) is 8.14. The van der Waals surface area contributed by atoms with Crippen molar-refractivity contribution >= 4 is 23.8 Å². The van der Waals surface area contributed by atoms with E-state index in [1.54, 1.807) is 24.4 Å². The molecule has 0 atom stereocenters. The molecule has 0 amide bonds. The number of aliphatic imine (C=N–C) groups is 2. The zero-order valence-electron chi connectivity index (χ0n) is 23.8. The minimum atomic E-state index is -0.422. The maximum atomic E-state index is 14.1. The van der Waals surface area contributed by atoms with Gasteiger partial charge >= 0.3 is 0 Å². The van der Waals surface area contributed by atoms with Crippen molar-refractivity contribution in [2.24, 2.45) is 9.98 Å². The van der Waals surface area contributed by atoms with Crippen LogP contribution in [0.15, 0.2) is 64.6 Å². The summed E-state index contributed by atoms with van der Waals surface area (Å²) in [6.07, 6.45) is 12.6. The molecule has 3 aromatic rings. The fourth-order valence-corrected chi connectivity index (χ4v) is 5.64. The van der Waals surface area contributed by atoms with Gasteiger partial charge in [0.2, 0.25) is 0 Å². The second kappa shape index (κ2) is 14.4. The molecule has 2 fully saturated rings. The lowest BCUT2D eigenvalue weighted by Crippen LogP contribution is -2.31. The molecule has 0 radical (unpaired) electrons. The molecule has 5 rings (SSSR count). The zero-order valence-corrected chi connectivity index (χ0v) is 23.8. The summed E-state index contributed by atoms with van der Waals surface area (Å²) in [6, 6.07) is 15.5. The Hall–Kier alpha value is -3.55. The summed E-state index contributed by atoms with van der Waals surface area (Å²) in [5.74, 6) is -0.103. The topological polar surface area (TPSA) is 71.7 Å². The molecular formula is C34H41FN4O2. The zero-order chi connectivity index (χ0) is 28.4. The molecule has 6 nitrogen and oxygen atoms in total. The molecular weight excluding hydrogens is 515 g/mol. The van der Waals surface area contributed by atoms with Gasteiger partial charge in [-0.05, 0) is 112 Å². The van der Waals surface area contributed by atoms with Crippen LogP contribution in [0.25, 0.3) is 0 Å². The van der Waals surface area contributed by atoms with Gasteiger partial charge in [-0.2, -0.15) is 0 Å². The van der Waals surface area contributed by atoms with Gasteiger partial charge in [0, 0.05) is 42.7 Å². The van der Waals surface area contributed by atoms with Crippen LogP contribution in [0.1, 0.15) is 60.8 Å². The number of nitrogens with zero attached hydrogens (tertiary/aromatic N) is 4. The van der Waals surface area contributed by atoms with Gasteiger partial charge in [0.1, 0.15) is 17.3 Å². The average molecular weight is 557 g/mol. The summed E-state index contributed by atoms with van der Waals surface area (Å²) in [5.41, 5.74) is 4.13. The van der Waals surface area contributed by atoms with E-state index in [0.717, 1.165) is 63.2 Å². The van der Waals surface area contributed by atoms with E-state index >= 15 is 0 Å². The molecule has 7 heteroatoms. The molecule has 41 heavy (non-hydrogen) atoms. The molecule has 0 spiro atoms. The van der Waals surface area contributed by atoms with Gasteiger partial charge in [-0.15, -0.1) is 0 Å². The minimum Gasteiger partial charge on any atom is -0.507 e. The Bertz CT molecular complexity index is 1360. The largest absolute Gasteiger partial charge is 0.507 e. The first-order chi connectivity index (χ1) is 20.0. The second-order valence-electron chi connectivity index (χ2n) is 11.2. The van der Waals surface area contributed by atoms with Crippen molar-refractivity contribution in [2.45, 2.75) is 51.4 Å². The van der Waals surface area contributed by atoms with Gasteiger partial charge in [0.05, 0.1) is 11.4 Å².